The molecule has 45 heavy (non-hydrogen) atoms. The number of carbonyl (C=O) groups is 3. The molecule has 2 aliphatic rings. The molecule has 1 aromatic carbocycles. The van der Waals surface area contributed by atoms with Crippen LogP contribution < -0.4 is 20.7 Å². The predicted octanol–water partition coefficient (Wildman–Crippen LogP) is -0.393. The third kappa shape index (κ3) is 7.47. The lowest BCUT2D eigenvalue weighted by molar-refractivity contribution is -0.117. The first-order valence-corrected chi connectivity index (χ1v) is 14.9. The van der Waals surface area contributed by atoms with Crippen molar-refractivity contribution in [3.8, 4) is 17.0 Å². The van der Waals surface area contributed by atoms with Gasteiger partial charge in [0.1, 0.15) is 35.0 Å². The highest BCUT2D eigenvalue weighted by Crippen LogP contribution is 2.39. The maximum Gasteiger partial charge on any atom is 0.272 e. The Kier molecular flexibility index (Phi) is 8.92. The van der Waals surface area contributed by atoms with Gasteiger partial charge in [0, 0.05) is 43.8 Å². The highest BCUT2D eigenvalue weighted by Gasteiger charge is 2.31. The number of benzene rings is 1. The Balaban J connectivity index is 1.51. The minimum absolute atomic E-state index is 0.0677. The molecule has 2 fully saturated rings. The molecule has 0 spiro atoms. The van der Waals surface area contributed by atoms with Crippen LogP contribution >= 0.6 is 0 Å². The van der Waals surface area contributed by atoms with Gasteiger partial charge in [-0.25, -0.2) is 4.39 Å². The van der Waals surface area contributed by atoms with E-state index in [0.29, 0.717) is 24.5 Å². The molecule has 17 heteroatoms. The first-order chi connectivity index (χ1) is 21.2. The van der Waals surface area contributed by atoms with E-state index >= 15 is 4.39 Å². The van der Waals surface area contributed by atoms with E-state index < -0.39 is 17.0 Å². The Morgan fingerprint density at radius 1 is 1.04 bits per heavy atom. The van der Waals surface area contributed by atoms with Crippen molar-refractivity contribution in [1.29, 1.82) is 0 Å². The number of aromatic nitrogens is 4. The predicted molar refractivity (Wildman–Crippen MR) is 174 cm³/mol. The van der Waals surface area contributed by atoms with Crippen LogP contribution in [0.5, 0.6) is 5.75 Å². The lowest BCUT2D eigenvalue weighted by Gasteiger charge is -2.35. The summed E-state index contributed by atoms with van der Waals surface area (Å²) in [6, 6.07) is 5.54. The first kappa shape index (κ1) is 32.0. The van der Waals surface area contributed by atoms with Crippen LogP contribution in [0.1, 0.15) is 47.7 Å². The molecule has 0 bridgehead atoms. The summed E-state index contributed by atoms with van der Waals surface area (Å²) in [6.45, 7) is 4.71. The number of carbonyl (C=O) groups excluding carboxylic acids is 3. The fraction of sp³-hybridized carbons (Fsp3) is 0.429. The Morgan fingerprint density at radius 3 is 2.36 bits per heavy atom. The summed E-state index contributed by atoms with van der Waals surface area (Å²) in [4.78, 5) is 40.8. The fourth-order valence-electron chi connectivity index (χ4n) is 5.24. The Hall–Kier alpha value is -4.40. The first-order valence-electron chi connectivity index (χ1n) is 14.9. The summed E-state index contributed by atoms with van der Waals surface area (Å²) in [5, 5.41) is 20.7. The molecule has 3 heterocycles. The maximum atomic E-state index is 15.2. The van der Waals surface area contributed by atoms with Gasteiger partial charge >= 0.3 is 0 Å². The number of amides is 3. The van der Waals surface area contributed by atoms with Gasteiger partial charge in [0.25, 0.3) is 11.8 Å². The van der Waals surface area contributed by atoms with Crippen molar-refractivity contribution in [2.24, 2.45) is 13.0 Å². The van der Waals surface area contributed by atoms with Gasteiger partial charge in [-0.2, -0.15) is 5.10 Å². The molecule has 2 atom stereocenters. The molecule has 13 nitrogen and oxygen atoms in total. The highest BCUT2D eigenvalue weighted by atomic mass is 19.1. The summed E-state index contributed by atoms with van der Waals surface area (Å²) in [5.41, 5.74) is 1.18. The molecule has 0 unspecified atom stereocenters. The number of hydrogen-bond acceptors (Lipinski definition) is 9. The zero-order valence-electron chi connectivity index (χ0n) is 26.5. The van der Waals surface area contributed by atoms with Crippen molar-refractivity contribution in [3.05, 3.63) is 41.5 Å². The number of anilines is 3. The topological polar surface area (TPSA) is 153 Å². The van der Waals surface area contributed by atoms with E-state index in [1.165, 1.54) is 30.0 Å². The van der Waals surface area contributed by atoms with Crippen LogP contribution in [0.25, 0.3) is 11.3 Å². The Labute approximate surface area is 263 Å². The number of ether oxygens (including phenoxy) is 2. The lowest BCUT2D eigenvalue weighted by atomic mass is 9.49. The third-order valence-electron chi connectivity index (χ3n) is 7.31. The molecular formula is C28H36B3FN8O5. The summed E-state index contributed by atoms with van der Waals surface area (Å²) >= 11 is 0. The number of morpholine rings is 1. The van der Waals surface area contributed by atoms with Crippen LogP contribution in [0, 0.1) is 11.7 Å². The van der Waals surface area contributed by atoms with Crippen molar-refractivity contribution in [1.82, 2.24) is 30.2 Å². The number of aryl methyl sites for hydroxylation is 1. The number of nitrogens with one attached hydrogen (secondary N) is 3. The molecule has 3 aromatic rings. The summed E-state index contributed by atoms with van der Waals surface area (Å²) in [6.07, 6.45) is 1.38. The fourth-order valence-corrected chi connectivity index (χ4v) is 5.24. The van der Waals surface area contributed by atoms with Gasteiger partial charge in [-0.1, -0.05) is 0 Å². The number of nitrogens with zero attached hydrogens (tertiary/aromatic N) is 5. The quantitative estimate of drug-likeness (QED) is 0.273. The SMILES string of the molecule is BC(B)(B)NC(=O)c1nnc(NC(=O)C2CC2)cc1Nc1cc(F)cc(-c2cc(C(=O)N3C[C@@H](C)O[C@@H](C)C3)n(C)n2)c1OC. The third-order valence-corrected chi connectivity index (χ3v) is 7.31. The van der Waals surface area contributed by atoms with E-state index in [1.807, 2.05) is 37.4 Å². The summed E-state index contributed by atoms with van der Waals surface area (Å²) in [5.74, 6) is -1.27. The van der Waals surface area contributed by atoms with Crippen molar-refractivity contribution in [3.63, 3.8) is 0 Å². The minimum Gasteiger partial charge on any atom is -0.494 e. The van der Waals surface area contributed by atoms with Gasteiger partial charge in [-0.3, -0.25) is 19.1 Å². The Morgan fingerprint density at radius 2 is 1.73 bits per heavy atom. The molecule has 3 N–H and O–H groups in total. The molecule has 1 aliphatic carbocycles. The summed E-state index contributed by atoms with van der Waals surface area (Å²) in [7, 11) is 8.54. The zero-order valence-corrected chi connectivity index (χ0v) is 26.5. The standard InChI is InChI=1S/C28H36B3FN8O5/c1-13-11-40(12-14(2)45-13)27(43)21-9-18(38-39(21)3)17-7-16(32)8-20(24(17)44-4)33-19-10-22(34-25(41)15-5-6-15)36-37-23(19)26(42)35-28(29,30)31/h7-10,13-15H,5-6,11-12,29-31H2,1-4H3,(H,35,42)(H2,33,34,36,41)/t13-,14+. The smallest absolute Gasteiger partial charge is 0.272 e. The molecule has 234 valence electrons. The van der Waals surface area contributed by atoms with E-state index in [2.05, 4.69) is 31.2 Å². The largest absolute Gasteiger partial charge is 0.494 e. The van der Waals surface area contributed by atoms with Crippen molar-refractivity contribution in [2.45, 2.75) is 44.1 Å². The van der Waals surface area contributed by atoms with E-state index in [1.54, 1.807) is 18.0 Å². The molecule has 1 aliphatic heterocycles. The van der Waals surface area contributed by atoms with Gasteiger partial charge in [0.15, 0.2) is 17.3 Å². The normalized spacial score (nSPS) is 18.3. The monoisotopic (exact) mass is 616 g/mol. The average molecular weight is 616 g/mol. The molecule has 2 aromatic heterocycles. The number of halogens is 1. The zero-order chi connectivity index (χ0) is 32.6. The van der Waals surface area contributed by atoms with E-state index in [9.17, 15) is 14.4 Å². The molecule has 5 rings (SSSR count). The average Bonchev–Trinajstić information content (AvgIpc) is 3.73. The highest BCUT2D eigenvalue weighted by molar-refractivity contribution is 6.60. The Bertz CT molecular complexity index is 1630. The second-order valence-electron chi connectivity index (χ2n) is 12.6. The second-order valence-corrected chi connectivity index (χ2v) is 12.6. The van der Waals surface area contributed by atoms with Crippen LogP contribution in [0.2, 0.25) is 0 Å². The molecule has 3 amide bonds. The maximum absolute atomic E-state index is 15.2. The van der Waals surface area contributed by atoms with E-state index in [-0.39, 0.29) is 64.1 Å². The van der Waals surface area contributed by atoms with Crippen molar-refractivity contribution in [2.75, 3.05) is 30.8 Å². The van der Waals surface area contributed by atoms with Crippen LogP contribution in [0.15, 0.2) is 24.3 Å². The molecular weight excluding hydrogens is 580 g/mol. The molecule has 1 saturated carbocycles. The number of methoxy groups -OCH3 is 1. The van der Waals surface area contributed by atoms with Crippen LogP contribution in [-0.4, -0.2) is 104 Å². The van der Waals surface area contributed by atoms with Crippen molar-refractivity contribution < 1.29 is 28.2 Å². The molecule has 0 radical (unpaired) electrons. The van der Waals surface area contributed by atoms with E-state index in [4.69, 9.17) is 9.47 Å². The van der Waals surface area contributed by atoms with E-state index in [0.717, 1.165) is 12.8 Å². The van der Waals surface area contributed by atoms with Gasteiger partial charge in [-0.15, -0.1) is 10.2 Å². The lowest BCUT2D eigenvalue weighted by Crippen LogP contribution is -2.50. The van der Waals surface area contributed by atoms with Gasteiger partial charge < -0.3 is 30.3 Å². The van der Waals surface area contributed by atoms with Gasteiger partial charge in [-0.05, 0) is 44.1 Å². The van der Waals surface area contributed by atoms with Gasteiger partial charge in [0.05, 0.1) is 36.4 Å². The van der Waals surface area contributed by atoms with Gasteiger partial charge in [0.2, 0.25) is 5.91 Å². The number of rotatable bonds is 9. The van der Waals surface area contributed by atoms with Crippen LogP contribution in [0.3, 0.4) is 0 Å². The second kappa shape index (κ2) is 12.5. The molecule has 1 saturated heterocycles. The van der Waals surface area contributed by atoms with Crippen molar-refractivity contribution >= 4 is 58.5 Å². The number of hydrogen-bond donors (Lipinski definition) is 3. The van der Waals surface area contributed by atoms with Crippen LogP contribution in [-0.2, 0) is 16.6 Å². The van der Waals surface area contributed by atoms with Crippen LogP contribution in [0.4, 0.5) is 21.6 Å². The summed E-state index contributed by atoms with van der Waals surface area (Å²) < 4.78 is 28.2. The minimum atomic E-state index is -0.618.